The van der Waals surface area contributed by atoms with Crippen molar-refractivity contribution in [3.63, 3.8) is 0 Å². The monoisotopic (exact) mass is 260 g/mol. The predicted octanol–water partition coefficient (Wildman–Crippen LogP) is 2.78. The minimum atomic E-state index is 0.735. The van der Waals surface area contributed by atoms with E-state index in [9.17, 15) is 0 Å². The molecule has 1 aromatic carbocycles. The number of rotatable bonds is 4. The van der Waals surface area contributed by atoms with Gasteiger partial charge in [0.1, 0.15) is 0 Å². The largest absolute Gasteiger partial charge is 0.315 e. The highest BCUT2D eigenvalue weighted by Crippen LogP contribution is 2.16. The second-order valence-corrected chi connectivity index (χ2v) is 6.14. The zero-order valence-electron chi connectivity index (χ0n) is 12.7. The molecule has 0 aliphatic carbocycles. The molecule has 2 nitrogen and oxygen atoms in total. The van der Waals surface area contributed by atoms with E-state index in [2.05, 4.69) is 49.2 Å². The van der Waals surface area contributed by atoms with Gasteiger partial charge in [-0.2, -0.15) is 0 Å². The summed E-state index contributed by atoms with van der Waals surface area (Å²) in [6.45, 7) is 12.8. The van der Waals surface area contributed by atoms with Crippen LogP contribution in [0.1, 0.15) is 30.0 Å². The van der Waals surface area contributed by atoms with Crippen LogP contribution < -0.4 is 5.32 Å². The SMILES string of the molecule is Cc1ccc(C)c(CC(C)CN2CCCNCC2)c1. The molecule has 1 aliphatic heterocycles. The van der Waals surface area contributed by atoms with Crippen LogP contribution in [0.2, 0.25) is 0 Å². The second kappa shape index (κ2) is 7.06. The quantitative estimate of drug-likeness (QED) is 0.895. The van der Waals surface area contributed by atoms with Gasteiger partial charge in [0.05, 0.1) is 0 Å². The molecule has 106 valence electrons. The van der Waals surface area contributed by atoms with Crippen molar-refractivity contribution in [2.75, 3.05) is 32.7 Å². The van der Waals surface area contributed by atoms with E-state index in [1.54, 1.807) is 0 Å². The summed E-state index contributed by atoms with van der Waals surface area (Å²) < 4.78 is 0. The first-order valence-electron chi connectivity index (χ1n) is 7.64. The molecule has 19 heavy (non-hydrogen) atoms. The van der Waals surface area contributed by atoms with Crippen molar-refractivity contribution in [2.24, 2.45) is 5.92 Å². The van der Waals surface area contributed by atoms with E-state index >= 15 is 0 Å². The van der Waals surface area contributed by atoms with Crippen LogP contribution in [0.25, 0.3) is 0 Å². The van der Waals surface area contributed by atoms with Gasteiger partial charge in [-0.25, -0.2) is 0 Å². The fraction of sp³-hybridized carbons (Fsp3) is 0.647. The Balaban J connectivity index is 1.89. The maximum Gasteiger partial charge on any atom is 0.0107 e. The zero-order chi connectivity index (χ0) is 13.7. The van der Waals surface area contributed by atoms with Gasteiger partial charge in [-0.3, -0.25) is 0 Å². The van der Waals surface area contributed by atoms with Crippen molar-refractivity contribution in [2.45, 2.75) is 33.6 Å². The van der Waals surface area contributed by atoms with Gasteiger partial charge in [-0.15, -0.1) is 0 Å². The zero-order valence-corrected chi connectivity index (χ0v) is 12.7. The molecule has 1 N–H and O–H groups in total. The summed E-state index contributed by atoms with van der Waals surface area (Å²) in [5, 5.41) is 3.48. The van der Waals surface area contributed by atoms with E-state index in [4.69, 9.17) is 0 Å². The Morgan fingerprint density at radius 1 is 1.21 bits per heavy atom. The molecule has 2 rings (SSSR count). The Bertz CT molecular complexity index is 392. The Morgan fingerprint density at radius 3 is 2.89 bits per heavy atom. The lowest BCUT2D eigenvalue weighted by molar-refractivity contribution is 0.251. The average molecular weight is 260 g/mol. The first kappa shape index (κ1) is 14.5. The van der Waals surface area contributed by atoms with Gasteiger partial charge in [0, 0.05) is 19.6 Å². The first-order valence-corrected chi connectivity index (χ1v) is 7.64. The number of hydrogen-bond donors (Lipinski definition) is 1. The van der Waals surface area contributed by atoms with Gasteiger partial charge in [-0.1, -0.05) is 30.7 Å². The highest BCUT2D eigenvalue weighted by molar-refractivity contribution is 5.30. The van der Waals surface area contributed by atoms with Gasteiger partial charge < -0.3 is 10.2 Å². The van der Waals surface area contributed by atoms with Crippen LogP contribution in [0, 0.1) is 19.8 Å². The standard InChI is InChI=1S/C17H28N2/c1-14-5-6-16(3)17(11-14)12-15(2)13-19-9-4-7-18-8-10-19/h5-6,11,15,18H,4,7-10,12-13H2,1-3H3. The van der Waals surface area contributed by atoms with Crippen LogP contribution in [0.15, 0.2) is 18.2 Å². The molecule has 0 radical (unpaired) electrons. The fourth-order valence-electron chi connectivity index (χ4n) is 2.99. The van der Waals surface area contributed by atoms with E-state index in [0.29, 0.717) is 0 Å². The Morgan fingerprint density at radius 2 is 2.05 bits per heavy atom. The number of hydrogen-bond acceptors (Lipinski definition) is 2. The summed E-state index contributed by atoms with van der Waals surface area (Å²) in [6.07, 6.45) is 2.49. The van der Waals surface area contributed by atoms with E-state index < -0.39 is 0 Å². The smallest absolute Gasteiger partial charge is 0.0107 e. The number of benzene rings is 1. The summed E-state index contributed by atoms with van der Waals surface area (Å²) in [5.74, 6) is 0.735. The molecule has 1 saturated heterocycles. The van der Waals surface area contributed by atoms with Crippen molar-refractivity contribution in [3.8, 4) is 0 Å². The molecule has 0 aromatic heterocycles. The lowest BCUT2D eigenvalue weighted by atomic mass is 9.95. The maximum atomic E-state index is 3.48. The number of nitrogens with zero attached hydrogens (tertiary/aromatic N) is 1. The van der Waals surface area contributed by atoms with Crippen molar-refractivity contribution < 1.29 is 0 Å². The Kier molecular flexibility index (Phi) is 5.41. The molecule has 0 saturated carbocycles. The van der Waals surface area contributed by atoms with Crippen LogP contribution >= 0.6 is 0 Å². The first-order chi connectivity index (χ1) is 9.15. The van der Waals surface area contributed by atoms with E-state index in [1.807, 2.05) is 0 Å². The fourth-order valence-corrected chi connectivity index (χ4v) is 2.99. The second-order valence-electron chi connectivity index (χ2n) is 6.14. The van der Waals surface area contributed by atoms with Crippen LogP contribution in [0.3, 0.4) is 0 Å². The molecule has 1 unspecified atom stereocenters. The van der Waals surface area contributed by atoms with Crippen molar-refractivity contribution >= 4 is 0 Å². The molecule has 1 atom stereocenters. The molecule has 0 amide bonds. The third kappa shape index (κ3) is 4.63. The normalized spacial score (nSPS) is 19.1. The third-order valence-corrected chi connectivity index (χ3v) is 4.08. The third-order valence-electron chi connectivity index (χ3n) is 4.08. The molecule has 1 aromatic rings. The summed E-state index contributed by atoms with van der Waals surface area (Å²) >= 11 is 0. The molecule has 1 heterocycles. The summed E-state index contributed by atoms with van der Waals surface area (Å²) in [4.78, 5) is 2.62. The lowest BCUT2D eigenvalue weighted by Gasteiger charge is -2.24. The average Bonchev–Trinajstić information content (AvgIpc) is 2.62. The van der Waals surface area contributed by atoms with Crippen LogP contribution in [0.5, 0.6) is 0 Å². The minimum absolute atomic E-state index is 0.735. The van der Waals surface area contributed by atoms with E-state index in [-0.39, 0.29) is 0 Å². The van der Waals surface area contributed by atoms with Crippen LogP contribution in [-0.2, 0) is 6.42 Å². The van der Waals surface area contributed by atoms with Gasteiger partial charge >= 0.3 is 0 Å². The highest BCUT2D eigenvalue weighted by atomic mass is 15.1. The van der Waals surface area contributed by atoms with E-state index in [0.717, 1.165) is 12.5 Å². The number of aryl methyl sites for hydroxylation is 2. The molecule has 0 spiro atoms. The minimum Gasteiger partial charge on any atom is -0.315 e. The van der Waals surface area contributed by atoms with Gasteiger partial charge in [-0.05, 0) is 56.8 Å². The van der Waals surface area contributed by atoms with Crippen molar-refractivity contribution in [1.29, 1.82) is 0 Å². The van der Waals surface area contributed by atoms with E-state index in [1.165, 1.54) is 55.7 Å². The van der Waals surface area contributed by atoms with Crippen LogP contribution in [0.4, 0.5) is 0 Å². The summed E-state index contributed by atoms with van der Waals surface area (Å²) in [6, 6.07) is 6.83. The van der Waals surface area contributed by atoms with Gasteiger partial charge in [0.25, 0.3) is 0 Å². The van der Waals surface area contributed by atoms with Crippen molar-refractivity contribution in [3.05, 3.63) is 34.9 Å². The molecule has 1 fully saturated rings. The molecular weight excluding hydrogens is 232 g/mol. The topological polar surface area (TPSA) is 15.3 Å². The molecule has 0 bridgehead atoms. The van der Waals surface area contributed by atoms with Gasteiger partial charge in [0.15, 0.2) is 0 Å². The summed E-state index contributed by atoms with van der Waals surface area (Å²) in [7, 11) is 0. The van der Waals surface area contributed by atoms with Crippen LogP contribution in [-0.4, -0.2) is 37.6 Å². The highest BCUT2D eigenvalue weighted by Gasteiger charge is 2.13. The maximum absolute atomic E-state index is 3.48. The predicted molar refractivity (Wildman–Crippen MR) is 82.7 cm³/mol. The van der Waals surface area contributed by atoms with Crippen molar-refractivity contribution in [1.82, 2.24) is 10.2 Å². The van der Waals surface area contributed by atoms with Gasteiger partial charge in [0.2, 0.25) is 0 Å². The lowest BCUT2D eigenvalue weighted by Crippen LogP contribution is -2.32. The Labute approximate surface area is 118 Å². The molecule has 1 aliphatic rings. The number of nitrogens with one attached hydrogen (secondary N) is 1. The molecule has 2 heteroatoms. The summed E-state index contributed by atoms with van der Waals surface area (Å²) in [5.41, 5.74) is 4.35. The Hall–Kier alpha value is -0.860. The molecular formula is C17H28N2.